The van der Waals surface area contributed by atoms with E-state index >= 15 is 0 Å². The fourth-order valence-corrected chi connectivity index (χ4v) is 4.56. The summed E-state index contributed by atoms with van der Waals surface area (Å²) in [6.45, 7) is 2.48. The first-order chi connectivity index (χ1) is 14.5. The maximum atomic E-state index is 11.2. The Bertz CT molecular complexity index is 1190. The van der Waals surface area contributed by atoms with Gasteiger partial charge in [0.1, 0.15) is 10.2 Å². The van der Waals surface area contributed by atoms with Crippen molar-refractivity contribution in [1.29, 1.82) is 0 Å². The number of allylic oxidation sites excluding steroid dienone is 1. The summed E-state index contributed by atoms with van der Waals surface area (Å²) in [4.78, 5) is 15.9. The zero-order valence-corrected chi connectivity index (χ0v) is 18.0. The number of para-hydroxylation sites is 1. The Morgan fingerprint density at radius 1 is 1.13 bits per heavy atom. The Labute approximate surface area is 183 Å². The smallest absolute Gasteiger partial charge is 0.303 e. The number of hydrogen-bond donors (Lipinski definition) is 1. The van der Waals surface area contributed by atoms with Crippen LogP contribution in [0.15, 0.2) is 54.6 Å². The summed E-state index contributed by atoms with van der Waals surface area (Å²) in [6, 6.07) is 17.9. The molecule has 0 radical (unpaired) electrons. The Balaban J connectivity index is 1.73. The fourth-order valence-electron chi connectivity index (χ4n) is 3.26. The third kappa shape index (κ3) is 4.45. The van der Waals surface area contributed by atoms with Gasteiger partial charge < -0.3 is 5.11 Å². The summed E-state index contributed by atoms with van der Waals surface area (Å²) in [6.07, 6.45) is 2.33. The van der Waals surface area contributed by atoms with E-state index < -0.39 is 5.97 Å². The second-order valence-electron chi connectivity index (χ2n) is 6.98. The lowest BCUT2D eigenvalue weighted by atomic mass is 10.1. The van der Waals surface area contributed by atoms with Crippen LogP contribution in [-0.4, -0.2) is 25.8 Å². The van der Waals surface area contributed by atoms with E-state index in [9.17, 15) is 9.90 Å². The molecule has 0 saturated heterocycles. The van der Waals surface area contributed by atoms with Crippen molar-refractivity contribution in [3.05, 3.63) is 81.6 Å². The topological polar surface area (TPSA) is 68.0 Å². The Morgan fingerprint density at radius 3 is 2.60 bits per heavy atom. The molecule has 2 heterocycles. The number of aliphatic carboxylic acids is 1. The Kier molecular flexibility index (Phi) is 5.97. The van der Waals surface area contributed by atoms with Crippen LogP contribution in [0.3, 0.4) is 0 Å². The second kappa shape index (κ2) is 8.81. The van der Waals surface area contributed by atoms with E-state index in [1.807, 2.05) is 67.6 Å². The molecule has 0 bridgehead atoms. The molecule has 0 fully saturated rings. The summed E-state index contributed by atoms with van der Waals surface area (Å²) in [5.41, 5.74) is 4.45. The van der Waals surface area contributed by atoms with Gasteiger partial charge in [-0.3, -0.25) is 4.79 Å². The molecule has 0 aliphatic heterocycles. The summed E-state index contributed by atoms with van der Waals surface area (Å²) in [7, 11) is 0. The third-order valence-electron chi connectivity index (χ3n) is 4.78. The van der Waals surface area contributed by atoms with Gasteiger partial charge in [0.05, 0.1) is 22.5 Å². The lowest BCUT2D eigenvalue weighted by Crippen LogP contribution is -2.01. The minimum atomic E-state index is -0.843. The molecule has 0 unspecified atom stereocenters. The van der Waals surface area contributed by atoms with Gasteiger partial charge in [0.25, 0.3) is 0 Å². The number of fused-ring (bicyclic) bond motifs is 1. The minimum Gasteiger partial charge on any atom is -0.481 e. The van der Waals surface area contributed by atoms with Crippen LogP contribution in [0.2, 0.25) is 5.15 Å². The maximum Gasteiger partial charge on any atom is 0.303 e. The average Bonchev–Trinajstić information content (AvgIpc) is 3.27. The summed E-state index contributed by atoms with van der Waals surface area (Å²) < 4.78 is 2.84. The number of thiazole rings is 1. The molecule has 1 N–H and O–H groups in total. The maximum absolute atomic E-state index is 11.2. The Morgan fingerprint density at radius 2 is 1.87 bits per heavy atom. The number of benzene rings is 2. The van der Waals surface area contributed by atoms with Crippen molar-refractivity contribution in [2.75, 3.05) is 0 Å². The first-order valence-electron chi connectivity index (χ1n) is 9.56. The zero-order valence-electron chi connectivity index (χ0n) is 16.4. The van der Waals surface area contributed by atoms with Crippen molar-refractivity contribution in [1.82, 2.24) is 14.8 Å². The van der Waals surface area contributed by atoms with Crippen molar-refractivity contribution in [3.8, 4) is 0 Å². The number of aryl methyl sites for hydroxylation is 1. The highest BCUT2D eigenvalue weighted by Crippen LogP contribution is 2.33. The van der Waals surface area contributed by atoms with Crippen LogP contribution >= 0.6 is 22.9 Å². The van der Waals surface area contributed by atoms with Crippen LogP contribution < -0.4 is 0 Å². The van der Waals surface area contributed by atoms with E-state index in [-0.39, 0.29) is 6.42 Å². The molecule has 4 aromatic rings. The van der Waals surface area contributed by atoms with E-state index in [0.29, 0.717) is 18.1 Å². The van der Waals surface area contributed by atoms with E-state index in [1.165, 1.54) is 0 Å². The number of nitrogens with zero attached hydrogens (tertiary/aromatic N) is 3. The Hall–Kier alpha value is -2.96. The first kappa shape index (κ1) is 20.3. The van der Waals surface area contributed by atoms with Gasteiger partial charge in [-0.15, -0.1) is 11.3 Å². The summed E-state index contributed by atoms with van der Waals surface area (Å²) >= 11 is 8.23. The number of aromatic nitrogens is 3. The third-order valence-corrected chi connectivity index (χ3v) is 6.29. The van der Waals surface area contributed by atoms with Crippen molar-refractivity contribution < 1.29 is 9.90 Å². The van der Waals surface area contributed by atoms with Crippen LogP contribution in [0.1, 0.15) is 34.7 Å². The number of carboxylic acids is 1. The minimum absolute atomic E-state index is 0.0244. The van der Waals surface area contributed by atoms with Gasteiger partial charge in [0, 0.05) is 12.0 Å². The van der Waals surface area contributed by atoms with Crippen LogP contribution in [-0.2, 0) is 11.3 Å². The predicted molar refractivity (Wildman–Crippen MR) is 122 cm³/mol. The van der Waals surface area contributed by atoms with Gasteiger partial charge in [-0.05, 0) is 42.7 Å². The van der Waals surface area contributed by atoms with Crippen LogP contribution in [0.5, 0.6) is 0 Å². The van der Waals surface area contributed by atoms with Crippen molar-refractivity contribution in [2.45, 2.75) is 26.3 Å². The van der Waals surface area contributed by atoms with Gasteiger partial charge in [0.2, 0.25) is 0 Å². The number of halogens is 1. The van der Waals surface area contributed by atoms with Crippen LogP contribution in [0.25, 0.3) is 21.9 Å². The number of carboxylic acid groups (broad SMARTS) is 1. The largest absolute Gasteiger partial charge is 0.481 e. The highest BCUT2D eigenvalue weighted by molar-refractivity contribution is 7.19. The molecule has 0 spiro atoms. The van der Waals surface area contributed by atoms with Gasteiger partial charge in [-0.2, -0.15) is 5.10 Å². The summed E-state index contributed by atoms with van der Waals surface area (Å²) in [5.74, 6) is -0.843. The molecular weight excluding hydrogens is 418 g/mol. The molecule has 5 nitrogen and oxygen atoms in total. The average molecular weight is 438 g/mol. The van der Waals surface area contributed by atoms with Crippen LogP contribution in [0, 0.1) is 6.92 Å². The van der Waals surface area contributed by atoms with Gasteiger partial charge in [0.15, 0.2) is 0 Å². The molecule has 152 valence electrons. The van der Waals surface area contributed by atoms with Gasteiger partial charge >= 0.3 is 5.97 Å². The standard InChI is InChI=1S/C23H20ClN3O2S/c1-15-18(22(24)27(26-15)14-16-7-3-2-4-8-16)13-17(11-12-21(28)29)23-25-19-9-5-6-10-20(19)30-23/h2-10,13H,11-12,14H2,1H3,(H,28,29)/b17-13+. The molecule has 2 aromatic heterocycles. The second-order valence-corrected chi connectivity index (χ2v) is 8.37. The molecule has 0 aliphatic carbocycles. The van der Waals surface area contributed by atoms with Gasteiger partial charge in [-0.1, -0.05) is 54.1 Å². The molecular formula is C23H20ClN3O2S. The molecule has 0 atom stereocenters. The monoisotopic (exact) mass is 437 g/mol. The fraction of sp³-hybridized carbons (Fsp3) is 0.174. The highest BCUT2D eigenvalue weighted by Gasteiger charge is 2.16. The quantitative estimate of drug-likeness (QED) is 0.390. The molecule has 2 aromatic carbocycles. The van der Waals surface area contributed by atoms with E-state index in [1.54, 1.807) is 16.0 Å². The molecule has 30 heavy (non-hydrogen) atoms. The lowest BCUT2D eigenvalue weighted by molar-refractivity contribution is -0.136. The zero-order chi connectivity index (χ0) is 21.1. The molecule has 0 aliphatic rings. The lowest BCUT2D eigenvalue weighted by Gasteiger charge is -2.05. The predicted octanol–water partition coefficient (Wildman–Crippen LogP) is 5.91. The van der Waals surface area contributed by atoms with E-state index in [2.05, 4.69) is 5.10 Å². The SMILES string of the molecule is Cc1nn(Cc2ccccc2)c(Cl)c1/C=C(\CCC(=O)O)c1nc2ccccc2s1. The van der Waals surface area contributed by atoms with Crippen molar-refractivity contribution >= 4 is 50.8 Å². The highest BCUT2D eigenvalue weighted by atomic mass is 35.5. The molecule has 4 rings (SSSR count). The molecule has 0 amide bonds. The normalized spacial score (nSPS) is 11.9. The molecule has 7 heteroatoms. The first-order valence-corrected chi connectivity index (χ1v) is 10.8. The van der Waals surface area contributed by atoms with Crippen molar-refractivity contribution in [3.63, 3.8) is 0 Å². The van der Waals surface area contributed by atoms with E-state index in [4.69, 9.17) is 16.6 Å². The van der Waals surface area contributed by atoms with Crippen LogP contribution in [0.4, 0.5) is 0 Å². The van der Waals surface area contributed by atoms with Gasteiger partial charge in [-0.25, -0.2) is 9.67 Å². The van der Waals surface area contributed by atoms with E-state index in [0.717, 1.165) is 37.6 Å². The number of rotatable bonds is 7. The molecule has 0 saturated carbocycles. The summed E-state index contributed by atoms with van der Waals surface area (Å²) in [5, 5.41) is 15.1. The van der Waals surface area contributed by atoms with Crippen molar-refractivity contribution in [2.24, 2.45) is 0 Å². The number of hydrogen-bond acceptors (Lipinski definition) is 4. The number of carbonyl (C=O) groups is 1.